The number of rotatable bonds is 4. The SMILES string of the molecule is Cc1cccc(F)c1OOOc1c(C)cccc1F. The van der Waals surface area contributed by atoms with E-state index in [0.717, 1.165) is 0 Å². The Morgan fingerprint density at radius 1 is 0.737 bits per heavy atom. The number of benzene rings is 2. The van der Waals surface area contributed by atoms with Crippen LogP contribution in [0.2, 0.25) is 0 Å². The minimum absolute atomic E-state index is 0.100. The zero-order valence-electron chi connectivity index (χ0n) is 10.4. The fraction of sp³-hybridized carbons (Fsp3) is 0.143. The molecular weight excluding hydrogens is 254 g/mol. The summed E-state index contributed by atoms with van der Waals surface area (Å²) in [6, 6.07) is 8.82. The fourth-order valence-corrected chi connectivity index (χ4v) is 1.53. The second-order valence-electron chi connectivity index (χ2n) is 4.01. The first-order valence-corrected chi connectivity index (χ1v) is 5.61. The number of aryl methyl sites for hydroxylation is 2. The highest BCUT2D eigenvalue weighted by atomic mass is 19.1. The van der Waals surface area contributed by atoms with Gasteiger partial charge in [0.2, 0.25) is 11.5 Å². The molecule has 0 bridgehead atoms. The first-order valence-electron chi connectivity index (χ1n) is 5.61. The molecule has 0 radical (unpaired) electrons. The van der Waals surface area contributed by atoms with E-state index < -0.39 is 11.6 Å². The molecule has 0 atom stereocenters. The molecule has 0 aliphatic heterocycles. The first-order chi connectivity index (χ1) is 9.09. The third kappa shape index (κ3) is 3.00. The largest absolute Gasteiger partial charge is 0.296 e. The van der Waals surface area contributed by atoms with Crippen LogP contribution in [-0.2, 0) is 5.04 Å². The van der Waals surface area contributed by atoms with Crippen molar-refractivity contribution < 1.29 is 23.6 Å². The molecule has 0 aliphatic carbocycles. The van der Waals surface area contributed by atoms with Gasteiger partial charge in [0.05, 0.1) is 0 Å². The fourth-order valence-electron chi connectivity index (χ4n) is 1.53. The summed E-state index contributed by atoms with van der Waals surface area (Å²) in [6.45, 7) is 3.30. The highest BCUT2D eigenvalue weighted by Gasteiger charge is 2.11. The summed E-state index contributed by atoms with van der Waals surface area (Å²) in [4.78, 5) is 9.44. The number of halogens is 2. The van der Waals surface area contributed by atoms with Gasteiger partial charge >= 0.3 is 0 Å². The molecule has 5 heteroatoms. The van der Waals surface area contributed by atoms with Gasteiger partial charge in [-0.2, -0.15) is 0 Å². The highest BCUT2D eigenvalue weighted by Crippen LogP contribution is 2.24. The quantitative estimate of drug-likeness (QED) is 0.620. The van der Waals surface area contributed by atoms with Gasteiger partial charge in [-0.1, -0.05) is 24.3 Å². The summed E-state index contributed by atoms with van der Waals surface area (Å²) in [5.41, 5.74) is 1.07. The van der Waals surface area contributed by atoms with Crippen LogP contribution in [0, 0.1) is 25.5 Å². The van der Waals surface area contributed by atoms with Crippen LogP contribution in [0.15, 0.2) is 36.4 Å². The number of hydrogen-bond acceptors (Lipinski definition) is 3. The smallest absolute Gasteiger partial charge is 0.208 e. The van der Waals surface area contributed by atoms with Gasteiger partial charge in [0.25, 0.3) is 0 Å². The predicted octanol–water partition coefficient (Wildman–Crippen LogP) is 3.89. The van der Waals surface area contributed by atoms with E-state index in [2.05, 4.69) is 5.04 Å². The molecule has 2 rings (SSSR count). The van der Waals surface area contributed by atoms with Gasteiger partial charge in [-0.15, -0.1) is 0 Å². The van der Waals surface area contributed by atoms with E-state index in [9.17, 15) is 8.78 Å². The van der Waals surface area contributed by atoms with Crippen LogP contribution >= 0.6 is 0 Å². The lowest BCUT2D eigenvalue weighted by molar-refractivity contribution is -0.413. The van der Waals surface area contributed by atoms with Crippen molar-refractivity contribution in [2.75, 3.05) is 0 Å². The van der Waals surface area contributed by atoms with Gasteiger partial charge in [-0.3, -0.25) is 9.78 Å². The maximum absolute atomic E-state index is 13.4. The van der Waals surface area contributed by atoms with E-state index in [1.807, 2.05) is 0 Å². The molecule has 0 amide bonds. The van der Waals surface area contributed by atoms with Crippen LogP contribution in [0.5, 0.6) is 11.5 Å². The van der Waals surface area contributed by atoms with Gasteiger partial charge in [0, 0.05) is 5.04 Å². The standard InChI is InChI=1S/C14H12F2O3/c1-9-5-3-7-11(15)13(9)17-19-18-14-10(2)6-4-8-12(14)16/h3-8H,1-2H3. The van der Waals surface area contributed by atoms with Crippen molar-refractivity contribution in [3.05, 3.63) is 59.2 Å². The molecule has 0 unspecified atom stereocenters. The van der Waals surface area contributed by atoms with Gasteiger partial charge < -0.3 is 0 Å². The lowest BCUT2D eigenvalue weighted by Gasteiger charge is -2.09. The van der Waals surface area contributed by atoms with Crippen molar-refractivity contribution in [3.8, 4) is 11.5 Å². The Balaban J connectivity index is 2.05. The lowest BCUT2D eigenvalue weighted by atomic mass is 10.2. The van der Waals surface area contributed by atoms with Crippen LogP contribution in [0.1, 0.15) is 11.1 Å². The predicted molar refractivity (Wildman–Crippen MR) is 64.6 cm³/mol. The Labute approximate surface area is 109 Å². The van der Waals surface area contributed by atoms with E-state index in [1.165, 1.54) is 12.1 Å². The summed E-state index contributed by atoms with van der Waals surface area (Å²) in [6.07, 6.45) is 0. The van der Waals surface area contributed by atoms with Crippen molar-refractivity contribution >= 4 is 0 Å². The zero-order valence-corrected chi connectivity index (χ0v) is 10.4. The summed E-state index contributed by atoms with van der Waals surface area (Å²) < 4.78 is 26.8. The maximum atomic E-state index is 13.4. The van der Waals surface area contributed by atoms with Crippen LogP contribution in [0.3, 0.4) is 0 Å². The molecule has 0 N–H and O–H groups in total. The summed E-state index contributed by atoms with van der Waals surface area (Å²) in [5, 5.41) is 4.45. The second-order valence-corrected chi connectivity index (χ2v) is 4.01. The second kappa shape index (κ2) is 5.67. The minimum atomic E-state index is -0.589. The first kappa shape index (κ1) is 13.3. The summed E-state index contributed by atoms with van der Waals surface area (Å²) in [7, 11) is 0. The van der Waals surface area contributed by atoms with E-state index in [4.69, 9.17) is 9.78 Å². The van der Waals surface area contributed by atoms with Crippen LogP contribution in [0.25, 0.3) is 0 Å². The monoisotopic (exact) mass is 266 g/mol. The lowest BCUT2D eigenvalue weighted by Crippen LogP contribution is -2.06. The average Bonchev–Trinajstić information content (AvgIpc) is 2.36. The van der Waals surface area contributed by atoms with Crippen molar-refractivity contribution in [2.24, 2.45) is 0 Å². The molecule has 0 aromatic heterocycles. The van der Waals surface area contributed by atoms with Crippen molar-refractivity contribution in [1.29, 1.82) is 0 Å². The summed E-state index contributed by atoms with van der Waals surface area (Å²) >= 11 is 0. The van der Waals surface area contributed by atoms with Crippen LogP contribution in [0.4, 0.5) is 8.78 Å². The van der Waals surface area contributed by atoms with Crippen molar-refractivity contribution in [2.45, 2.75) is 13.8 Å². The topological polar surface area (TPSA) is 27.7 Å². The molecule has 0 saturated carbocycles. The Morgan fingerprint density at radius 2 is 1.16 bits per heavy atom. The maximum Gasteiger partial charge on any atom is 0.208 e. The van der Waals surface area contributed by atoms with Crippen molar-refractivity contribution in [3.63, 3.8) is 0 Å². The highest BCUT2D eigenvalue weighted by molar-refractivity contribution is 5.34. The minimum Gasteiger partial charge on any atom is -0.296 e. The molecule has 0 saturated heterocycles. The molecule has 2 aromatic carbocycles. The van der Waals surface area contributed by atoms with Gasteiger partial charge in [0.15, 0.2) is 11.6 Å². The molecule has 3 nitrogen and oxygen atoms in total. The van der Waals surface area contributed by atoms with E-state index in [-0.39, 0.29) is 11.5 Å². The average molecular weight is 266 g/mol. The van der Waals surface area contributed by atoms with Crippen LogP contribution in [-0.4, -0.2) is 0 Å². The molecule has 0 spiro atoms. The summed E-state index contributed by atoms with van der Waals surface area (Å²) in [5.74, 6) is -1.38. The third-order valence-electron chi connectivity index (χ3n) is 2.56. The van der Waals surface area contributed by atoms with Gasteiger partial charge in [-0.25, -0.2) is 8.78 Å². The Morgan fingerprint density at radius 3 is 1.53 bits per heavy atom. The third-order valence-corrected chi connectivity index (χ3v) is 2.56. The molecule has 100 valence electrons. The van der Waals surface area contributed by atoms with E-state index in [1.54, 1.807) is 38.1 Å². The van der Waals surface area contributed by atoms with E-state index in [0.29, 0.717) is 11.1 Å². The van der Waals surface area contributed by atoms with E-state index >= 15 is 0 Å². The van der Waals surface area contributed by atoms with Gasteiger partial charge in [0.1, 0.15) is 0 Å². The number of para-hydroxylation sites is 2. The molecule has 0 heterocycles. The van der Waals surface area contributed by atoms with Crippen LogP contribution < -0.4 is 9.78 Å². The number of hydrogen-bond donors (Lipinski definition) is 0. The van der Waals surface area contributed by atoms with Gasteiger partial charge in [-0.05, 0) is 37.1 Å². The molecule has 0 fully saturated rings. The van der Waals surface area contributed by atoms with Crippen molar-refractivity contribution in [1.82, 2.24) is 0 Å². The Bertz CT molecular complexity index is 493. The Hall–Kier alpha value is -2.14. The molecule has 2 aromatic rings. The molecule has 0 aliphatic rings. The molecule has 19 heavy (non-hydrogen) atoms. The Kier molecular flexibility index (Phi) is 3.97. The zero-order chi connectivity index (χ0) is 13.8. The normalized spacial score (nSPS) is 10.3. The molecular formula is C14H12F2O3.